The van der Waals surface area contributed by atoms with Gasteiger partial charge < -0.3 is 5.32 Å². The number of halogens is 5. The smallest absolute Gasteiger partial charge is 0.322 e. The summed E-state index contributed by atoms with van der Waals surface area (Å²) in [7, 11) is 0. The van der Waals surface area contributed by atoms with Gasteiger partial charge in [0.2, 0.25) is 0 Å². The van der Waals surface area contributed by atoms with Gasteiger partial charge in [0.15, 0.2) is 0 Å². The summed E-state index contributed by atoms with van der Waals surface area (Å²) >= 11 is 8.73. The molecule has 0 heterocycles. The van der Waals surface area contributed by atoms with Crippen LogP contribution >= 0.6 is 27.5 Å². The first kappa shape index (κ1) is 15.9. The zero-order chi connectivity index (χ0) is 15.6. The molecule has 2 aromatic rings. The maximum atomic E-state index is 13.0. The highest BCUT2D eigenvalue weighted by Crippen LogP contribution is 2.34. The number of benzene rings is 2. The Labute approximate surface area is 132 Å². The van der Waals surface area contributed by atoms with E-state index in [9.17, 15) is 18.0 Å². The molecule has 0 radical (unpaired) electrons. The number of alkyl halides is 3. The minimum atomic E-state index is -4.62. The number of carbonyl (C=O) groups excluding carboxylic acids is 1. The van der Waals surface area contributed by atoms with E-state index >= 15 is 0 Å². The van der Waals surface area contributed by atoms with Crippen molar-refractivity contribution >= 4 is 39.1 Å². The summed E-state index contributed by atoms with van der Waals surface area (Å²) in [5.41, 5.74) is -1.13. The predicted molar refractivity (Wildman–Crippen MR) is 78.5 cm³/mol. The second-order valence-electron chi connectivity index (χ2n) is 4.15. The Morgan fingerprint density at radius 2 is 1.86 bits per heavy atom. The van der Waals surface area contributed by atoms with Gasteiger partial charge in [-0.05, 0) is 36.4 Å². The van der Waals surface area contributed by atoms with Gasteiger partial charge in [0.1, 0.15) is 0 Å². The third kappa shape index (κ3) is 3.98. The van der Waals surface area contributed by atoms with E-state index in [-0.39, 0.29) is 4.47 Å². The Bertz CT molecular complexity index is 688. The highest BCUT2D eigenvalue weighted by Gasteiger charge is 2.35. The lowest BCUT2D eigenvalue weighted by Crippen LogP contribution is -2.18. The van der Waals surface area contributed by atoms with Crippen molar-refractivity contribution in [3.63, 3.8) is 0 Å². The number of carbonyl (C=O) groups is 1. The van der Waals surface area contributed by atoms with E-state index in [1.807, 2.05) is 0 Å². The number of amides is 1. The average molecular weight is 379 g/mol. The molecule has 0 aliphatic carbocycles. The van der Waals surface area contributed by atoms with Crippen LogP contribution in [0.5, 0.6) is 0 Å². The van der Waals surface area contributed by atoms with Crippen molar-refractivity contribution < 1.29 is 18.0 Å². The minimum Gasteiger partial charge on any atom is -0.322 e. The summed E-state index contributed by atoms with van der Waals surface area (Å²) in [5.74, 6) is -0.850. The van der Waals surface area contributed by atoms with Gasteiger partial charge in [0.25, 0.3) is 5.91 Å². The molecule has 0 aliphatic rings. The van der Waals surface area contributed by atoms with Crippen LogP contribution in [-0.4, -0.2) is 5.91 Å². The van der Waals surface area contributed by atoms with E-state index in [0.717, 1.165) is 12.1 Å². The monoisotopic (exact) mass is 377 g/mol. The second kappa shape index (κ2) is 6.07. The SMILES string of the molecule is O=C(Nc1cccc(Cl)c1)c1ccc(Br)cc1C(F)(F)F. The fraction of sp³-hybridized carbons (Fsp3) is 0.0714. The molecule has 0 unspecified atom stereocenters. The summed E-state index contributed by atoms with van der Waals surface area (Å²) in [6, 6.07) is 9.53. The quantitative estimate of drug-likeness (QED) is 0.747. The van der Waals surface area contributed by atoms with Crippen LogP contribution in [0.2, 0.25) is 5.02 Å². The van der Waals surface area contributed by atoms with E-state index in [4.69, 9.17) is 11.6 Å². The largest absolute Gasteiger partial charge is 0.417 e. The Morgan fingerprint density at radius 3 is 2.48 bits per heavy atom. The number of hydrogen-bond acceptors (Lipinski definition) is 1. The highest BCUT2D eigenvalue weighted by molar-refractivity contribution is 9.10. The first-order chi connectivity index (χ1) is 9.77. The molecule has 0 spiro atoms. The summed E-state index contributed by atoms with van der Waals surface area (Å²) in [4.78, 5) is 12.0. The molecule has 1 N–H and O–H groups in total. The molecule has 0 aliphatic heterocycles. The van der Waals surface area contributed by atoms with Crippen molar-refractivity contribution in [2.75, 3.05) is 5.32 Å². The zero-order valence-corrected chi connectivity index (χ0v) is 12.7. The van der Waals surface area contributed by atoms with E-state index in [2.05, 4.69) is 21.2 Å². The van der Waals surface area contributed by atoms with Gasteiger partial charge in [-0.3, -0.25) is 4.79 Å². The molecule has 2 rings (SSSR count). The minimum absolute atomic E-state index is 0.245. The maximum absolute atomic E-state index is 13.0. The Hall–Kier alpha value is -1.53. The molecule has 1 amide bonds. The molecule has 0 aromatic heterocycles. The van der Waals surface area contributed by atoms with E-state index in [1.54, 1.807) is 12.1 Å². The van der Waals surface area contributed by atoms with Crippen LogP contribution in [0.3, 0.4) is 0 Å². The molecular weight excluding hydrogens is 371 g/mol. The Balaban J connectivity index is 2.35. The highest BCUT2D eigenvalue weighted by atomic mass is 79.9. The summed E-state index contributed by atoms with van der Waals surface area (Å²) in [5, 5.41) is 2.77. The van der Waals surface area contributed by atoms with Crippen LogP contribution in [-0.2, 0) is 6.18 Å². The van der Waals surface area contributed by atoms with Gasteiger partial charge in [-0.1, -0.05) is 33.6 Å². The number of rotatable bonds is 2. The number of nitrogens with one attached hydrogen (secondary N) is 1. The van der Waals surface area contributed by atoms with E-state index in [1.165, 1.54) is 18.2 Å². The van der Waals surface area contributed by atoms with Gasteiger partial charge in [-0.2, -0.15) is 13.2 Å². The molecule has 7 heteroatoms. The van der Waals surface area contributed by atoms with Crippen molar-refractivity contribution in [3.8, 4) is 0 Å². The van der Waals surface area contributed by atoms with Gasteiger partial charge in [0, 0.05) is 15.2 Å². The molecule has 0 saturated heterocycles. The fourth-order valence-electron chi connectivity index (χ4n) is 1.71. The lowest BCUT2D eigenvalue weighted by Gasteiger charge is -2.13. The molecule has 2 aromatic carbocycles. The standard InChI is InChI=1S/C14H8BrClF3NO/c15-8-4-5-11(12(6-8)14(17,18)19)13(21)20-10-3-1-2-9(16)7-10/h1-7H,(H,20,21). The molecule has 0 fully saturated rings. The molecule has 2 nitrogen and oxygen atoms in total. The van der Waals surface area contributed by atoms with Crippen molar-refractivity contribution in [2.24, 2.45) is 0 Å². The first-order valence-corrected chi connectivity index (χ1v) is 6.88. The summed E-state index contributed by atoms with van der Waals surface area (Å²) in [6.07, 6.45) is -4.62. The Morgan fingerprint density at radius 1 is 1.14 bits per heavy atom. The molecule has 0 saturated carbocycles. The Kier molecular flexibility index (Phi) is 4.58. The van der Waals surface area contributed by atoms with E-state index < -0.39 is 23.2 Å². The molecule has 110 valence electrons. The maximum Gasteiger partial charge on any atom is 0.417 e. The summed E-state index contributed by atoms with van der Waals surface area (Å²) < 4.78 is 39.2. The van der Waals surface area contributed by atoms with Crippen LogP contribution in [0, 0.1) is 0 Å². The van der Waals surface area contributed by atoms with Crippen LogP contribution < -0.4 is 5.32 Å². The second-order valence-corrected chi connectivity index (χ2v) is 5.50. The third-order valence-electron chi connectivity index (χ3n) is 2.61. The van der Waals surface area contributed by atoms with Crippen LogP contribution in [0.25, 0.3) is 0 Å². The normalized spacial score (nSPS) is 11.3. The zero-order valence-electron chi connectivity index (χ0n) is 10.3. The first-order valence-electron chi connectivity index (χ1n) is 5.71. The fourth-order valence-corrected chi connectivity index (χ4v) is 2.27. The lowest BCUT2D eigenvalue weighted by molar-refractivity contribution is -0.137. The predicted octanol–water partition coefficient (Wildman–Crippen LogP) is 5.37. The van der Waals surface area contributed by atoms with Crippen molar-refractivity contribution in [3.05, 3.63) is 63.1 Å². The van der Waals surface area contributed by atoms with Crippen molar-refractivity contribution in [2.45, 2.75) is 6.18 Å². The van der Waals surface area contributed by atoms with Gasteiger partial charge >= 0.3 is 6.18 Å². The van der Waals surface area contributed by atoms with Gasteiger partial charge in [0.05, 0.1) is 11.1 Å². The van der Waals surface area contributed by atoms with Crippen LogP contribution in [0.1, 0.15) is 15.9 Å². The van der Waals surface area contributed by atoms with Crippen molar-refractivity contribution in [1.82, 2.24) is 0 Å². The topological polar surface area (TPSA) is 29.1 Å². The molecule has 0 atom stereocenters. The van der Waals surface area contributed by atoms with Gasteiger partial charge in [-0.25, -0.2) is 0 Å². The molecule has 21 heavy (non-hydrogen) atoms. The molecular formula is C14H8BrClF3NO. The van der Waals surface area contributed by atoms with Gasteiger partial charge in [-0.15, -0.1) is 0 Å². The molecule has 0 bridgehead atoms. The third-order valence-corrected chi connectivity index (χ3v) is 3.34. The number of hydrogen-bond donors (Lipinski definition) is 1. The lowest BCUT2D eigenvalue weighted by atomic mass is 10.1. The summed E-state index contributed by atoms with van der Waals surface area (Å²) in [6.45, 7) is 0. The van der Waals surface area contributed by atoms with Crippen LogP contribution in [0.4, 0.5) is 18.9 Å². The average Bonchev–Trinajstić information content (AvgIpc) is 2.37. The number of anilines is 1. The van der Waals surface area contributed by atoms with E-state index in [0.29, 0.717) is 10.7 Å². The van der Waals surface area contributed by atoms with Crippen molar-refractivity contribution in [1.29, 1.82) is 0 Å². The van der Waals surface area contributed by atoms with Crippen LogP contribution in [0.15, 0.2) is 46.9 Å².